The molecule has 0 bridgehead atoms. The zero-order valence-electron chi connectivity index (χ0n) is 11.9. The standard InChI is InChI=1S/C14H26N4/c1-12(13-7-10-16-17-13)15-11-14(18(2)3)8-5-4-6-9-14/h7,10,12,15H,4-6,8-9,11H2,1-3H3,(H,16,17). The third-order valence-electron chi connectivity index (χ3n) is 4.46. The largest absolute Gasteiger partial charge is 0.307 e. The summed E-state index contributed by atoms with van der Waals surface area (Å²) in [5, 5.41) is 10.7. The Labute approximate surface area is 110 Å². The summed E-state index contributed by atoms with van der Waals surface area (Å²) in [6, 6.07) is 2.38. The number of hydrogen-bond donors (Lipinski definition) is 2. The molecule has 1 fully saturated rings. The molecule has 1 saturated carbocycles. The van der Waals surface area contributed by atoms with Crippen LogP contribution in [-0.4, -0.2) is 41.3 Å². The molecule has 2 rings (SSSR count). The molecule has 4 heteroatoms. The summed E-state index contributed by atoms with van der Waals surface area (Å²) in [6.45, 7) is 3.25. The quantitative estimate of drug-likeness (QED) is 0.843. The molecule has 1 aromatic rings. The second-order valence-corrected chi connectivity index (χ2v) is 5.79. The van der Waals surface area contributed by atoms with Gasteiger partial charge in [-0.15, -0.1) is 0 Å². The zero-order chi connectivity index (χ0) is 13.0. The summed E-state index contributed by atoms with van der Waals surface area (Å²) in [6.07, 6.45) is 8.55. The predicted octanol–water partition coefficient (Wildman–Crippen LogP) is 2.32. The Morgan fingerprint density at radius 3 is 2.67 bits per heavy atom. The van der Waals surface area contributed by atoms with Gasteiger partial charge in [0.2, 0.25) is 0 Å². The minimum atomic E-state index is 0.339. The molecule has 1 aromatic heterocycles. The fourth-order valence-electron chi connectivity index (χ4n) is 2.95. The van der Waals surface area contributed by atoms with Crippen LogP contribution in [0.5, 0.6) is 0 Å². The Balaban J connectivity index is 1.93. The Morgan fingerprint density at radius 1 is 1.39 bits per heavy atom. The van der Waals surface area contributed by atoms with Gasteiger partial charge in [0, 0.05) is 24.3 Å². The number of nitrogens with one attached hydrogen (secondary N) is 2. The van der Waals surface area contributed by atoms with Crippen LogP contribution in [0.1, 0.15) is 50.8 Å². The van der Waals surface area contributed by atoms with Crippen molar-refractivity contribution < 1.29 is 0 Å². The van der Waals surface area contributed by atoms with Gasteiger partial charge in [-0.2, -0.15) is 5.10 Å². The minimum Gasteiger partial charge on any atom is -0.307 e. The number of hydrogen-bond acceptors (Lipinski definition) is 3. The van der Waals surface area contributed by atoms with E-state index in [0.717, 1.165) is 6.54 Å². The van der Waals surface area contributed by atoms with Gasteiger partial charge < -0.3 is 10.2 Å². The van der Waals surface area contributed by atoms with E-state index < -0.39 is 0 Å². The number of likely N-dealkylation sites (N-methyl/N-ethyl adjacent to an activating group) is 1. The molecular formula is C14H26N4. The van der Waals surface area contributed by atoms with Crippen molar-refractivity contribution in [2.45, 2.75) is 50.6 Å². The van der Waals surface area contributed by atoms with E-state index in [2.05, 4.69) is 41.4 Å². The lowest BCUT2D eigenvalue weighted by Crippen LogP contribution is -2.53. The van der Waals surface area contributed by atoms with Gasteiger partial charge in [-0.3, -0.25) is 5.10 Å². The first-order valence-corrected chi connectivity index (χ1v) is 7.04. The third-order valence-corrected chi connectivity index (χ3v) is 4.46. The first-order chi connectivity index (χ1) is 8.64. The van der Waals surface area contributed by atoms with Crippen molar-refractivity contribution in [3.05, 3.63) is 18.0 Å². The van der Waals surface area contributed by atoms with Gasteiger partial charge in [0.15, 0.2) is 0 Å². The third kappa shape index (κ3) is 2.93. The molecule has 0 aromatic carbocycles. The van der Waals surface area contributed by atoms with E-state index in [-0.39, 0.29) is 0 Å². The van der Waals surface area contributed by atoms with E-state index in [1.54, 1.807) is 0 Å². The summed E-state index contributed by atoms with van der Waals surface area (Å²) < 4.78 is 0. The van der Waals surface area contributed by atoms with Gasteiger partial charge in [0.1, 0.15) is 0 Å². The molecule has 1 unspecified atom stereocenters. The number of H-pyrrole nitrogens is 1. The van der Waals surface area contributed by atoms with E-state index in [1.807, 2.05) is 12.3 Å². The van der Waals surface area contributed by atoms with Gasteiger partial charge in [-0.1, -0.05) is 19.3 Å². The number of nitrogens with zero attached hydrogens (tertiary/aromatic N) is 2. The lowest BCUT2D eigenvalue weighted by molar-refractivity contribution is 0.0957. The second kappa shape index (κ2) is 5.85. The number of aromatic nitrogens is 2. The van der Waals surface area contributed by atoms with Crippen molar-refractivity contribution in [3.8, 4) is 0 Å². The van der Waals surface area contributed by atoms with Crippen LogP contribution >= 0.6 is 0 Å². The highest BCUT2D eigenvalue weighted by Gasteiger charge is 2.34. The molecule has 1 atom stereocenters. The van der Waals surface area contributed by atoms with Crippen molar-refractivity contribution in [2.24, 2.45) is 0 Å². The summed E-state index contributed by atoms with van der Waals surface area (Å²) in [5.74, 6) is 0. The summed E-state index contributed by atoms with van der Waals surface area (Å²) in [5.41, 5.74) is 1.51. The number of aromatic amines is 1. The van der Waals surface area contributed by atoms with Crippen molar-refractivity contribution in [3.63, 3.8) is 0 Å². The van der Waals surface area contributed by atoms with E-state index in [1.165, 1.54) is 37.8 Å². The minimum absolute atomic E-state index is 0.339. The molecule has 1 heterocycles. The molecular weight excluding hydrogens is 224 g/mol. The van der Waals surface area contributed by atoms with E-state index >= 15 is 0 Å². The first kappa shape index (κ1) is 13.6. The molecule has 102 valence electrons. The Morgan fingerprint density at radius 2 is 2.11 bits per heavy atom. The van der Waals surface area contributed by atoms with Crippen LogP contribution in [0.3, 0.4) is 0 Å². The maximum absolute atomic E-state index is 4.02. The predicted molar refractivity (Wildman–Crippen MR) is 74.5 cm³/mol. The summed E-state index contributed by atoms with van der Waals surface area (Å²) in [7, 11) is 4.43. The normalized spacial score (nSPS) is 21.1. The van der Waals surface area contributed by atoms with Gasteiger partial charge in [-0.05, 0) is 39.9 Å². The molecule has 4 nitrogen and oxygen atoms in total. The highest BCUT2D eigenvalue weighted by atomic mass is 15.2. The maximum atomic E-state index is 4.02. The second-order valence-electron chi connectivity index (χ2n) is 5.79. The maximum Gasteiger partial charge on any atom is 0.0518 e. The van der Waals surface area contributed by atoms with Gasteiger partial charge in [0.05, 0.1) is 5.69 Å². The van der Waals surface area contributed by atoms with Crippen molar-refractivity contribution in [2.75, 3.05) is 20.6 Å². The Hall–Kier alpha value is -0.870. The smallest absolute Gasteiger partial charge is 0.0518 e. The fourth-order valence-corrected chi connectivity index (χ4v) is 2.95. The fraction of sp³-hybridized carbons (Fsp3) is 0.786. The highest BCUT2D eigenvalue weighted by molar-refractivity contribution is 5.04. The molecule has 1 aliphatic carbocycles. The average molecular weight is 250 g/mol. The summed E-state index contributed by atoms with van der Waals surface area (Å²) >= 11 is 0. The molecule has 2 N–H and O–H groups in total. The van der Waals surface area contributed by atoms with Crippen LogP contribution in [0.15, 0.2) is 12.3 Å². The van der Waals surface area contributed by atoms with Crippen LogP contribution in [0, 0.1) is 0 Å². The van der Waals surface area contributed by atoms with Crippen LogP contribution in [-0.2, 0) is 0 Å². The first-order valence-electron chi connectivity index (χ1n) is 7.04. The van der Waals surface area contributed by atoms with Crippen molar-refractivity contribution in [1.29, 1.82) is 0 Å². The molecule has 1 aliphatic rings. The molecule has 0 spiro atoms. The molecule has 18 heavy (non-hydrogen) atoms. The number of rotatable bonds is 5. The SMILES string of the molecule is CC(NCC1(N(C)C)CCCCC1)c1ccn[nH]1. The van der Waals surface area contributed by atoms with E-state index in [9.17, 15) is 0 Å². The highest BCUT2D eigenvalue weighted by Crippen LogP contribution is 2.32. The molecule has 0 saturated heterocycles. The van der Waals surface area contributed by atoms with Gasteiger partial charge >= 0.3 is 0 Å². The van der Waals surface area contributed by atoms with Gasteiger partial charge in [-0.25, -0.2) is 0 Å². The van der Waals surface area contributed by atoms with Crippen LogP contribution < -0.4 is 5.32 Å². The lowest BCUT2D eigenvalue weighted by atomic mass is 9.80. The van der Waals surface area contributed by atoms with Gasteiger partial charge in [0.25, 0.3) is 0 Å². The average Bonchev–Trinajstić information content (AvgIpc) is 2.91. The Bertz CT molecular complexity index is 339. The topological polar surface area (TPSA) is 44.0 Å². The zero-order valence-corrected chi connectivity index (χ0v) is 11.9. The molecule has 0 radical (unpaired) electrons. The lowest BCUT2D eigenvalue weighted by Gasteiger charge is -2.43. The Kier molecular flexibility index (Phi) is 4.40. The molecule has 0 aliphatic heterocycles. The molecule has 0 amide bonds. The van der Waals surface area contributed by atoms with E-state index in [4.69, 9.17) is 0 Å². The van der Waals surface area contributed by atoms with E-state index in [0.29, 0.717) is 11.6 Å². The van der Waals surface area contributed by atoms with Crippen LogP contribution in [0.25, 0.3) is 0 Å². The summed E-state index contributed by atoms with van der Waals surface area (Å²) in [4.78, 5) is 2.42. The van der Waals surface area contributed by atoms with Crippen molar-refractivity contribution >= 4 is 0 Å². The van der Waals surface area contributed by atoms with Crippen LogP contribution in [0.2, 0.25) is 0 Å². The monoisotopic (exact) mass is 250 g/mol. The van der Waals surface area contributed by atoms with Crippen molar-refractivity contribution in [1.82, 2.24) is 20.4 Å². The van der Waals surface area contributed by atoms with Crippen LogP contribution in [0.4, 0.5) is 0 Å².